The normalized spacial score (nSPS) is 23.4. The molecule has 4 bridgehead atoms. The standard InChI is InChI=1S/C21H23N3O2/c1-15-13-18-16-5-2-6-17(14-16)26-12-4-10-22-9-3-7-20(25)19-8-11-24(15)21(18)23-19/h2,5-6,8,11,13-14,21-22H,1,3-4,7,9-10,12H2. The monoisotopic (exact) mass is 349 g/mol. The number of rotatable bonds is 0. The summed E-state index contributed by atoms with van der Waals surface area (Å²) in [5.41, 5.74) is 3.52. The average Bonchev–Trinajstić information content (AvgIpc) is 2.99. The van der Waals surface area contributed by atoms with Crippen LogP contribution in [-0.2, 0) is 4.79 Å². The van der Waals surface area contributed by atoms with Gasteiger partial charge in [-0.15, -0.1) is 0 Å². The van der Waals surface area contributed by atoms with Gasteiger partial charge in [-0.1, -0.05) is 18.7 Å². The van der Waals surface area contributed by atoms with Crippen molar-refractivity contribution in [2.75, 3.05) is 19.7 Å². The van der Waals surface area contributed by atoms with Crippen LogP contribution in [0.2, 0.25) is 0 Å². The van der Waals surface area contributed by atoms with Crippen LogP contribution in [-0.4, -0.2) is 42.3 Å². The lowest BCUT2D eigenvalue weighted by atomic mass is 10.0. The highest BCUT2D eigenvalue weighted by molar-refractivity contribution is 6.44. The molecule has 0 aromatic heterocycles. The van der Waals surface area contributed by atoms with E-state index in [1.807, 2.05) is 35.4 Å². The maximum absolute atomic E-state index is 12.5. The molecule has 1 aromatic rings. The molecule has 0 amide bonds. The fourth-order valence-electron chi connectivity index (χ4n) is 3.45. The zero-order valence-electron chi connectivity index (χ0n) is 14.8. The largest absolute Gasteiger partial charge is 0.494 e. The first-order valence-corrected chi connectivity index (χ1v) is 9.14. The fraction of sp³-hybridized carbons (Fsp3) is 0.333. The Balaban J connectivity index is 1.69. The van der Waals surface area contributed by atoms with Crippen molar-refractivity contribution in [3.05, 3.63) is 60.5 Å². The highest BCUT2D eigenvalue weighted by Crippen LogP contribution is 2.36. The third-order valence-corrected chi connectivity index (χ3v) is 4.83. The van der Waals surface area contributed by atoms with E-state index in [1.165, 1.54) is 0 Å². The zero-order valence-corrected chi connectivity index (χ0v) is 14.8. The number of carbonyl (C=O) groups is 1. The number of hydrogen-bond acceptors (Lipinski definition) is 5. The van der Waals surface area contributed by atoms with E-state index in [0.717, 1.165) is 48.5 Å². The van der Waals surface area contributed by atoms with Crippen molar-refractivity contribution in [2.24, 2.45) is 4.99 Å². The quantitative estimate of drug-likeness (QED) is 0.782. The predicted octanol–water partition coefficient (Wildman–Crippen LogP) is 2.92. The molecule has 0 spiro atoms. The van der Waals surface area contributed by atoms with Gasteiger partial charge in [0.25, 0.3) is 0 Å². The zero-order chi connectivity index (χ0) is 17.9. The molecule has 26 heavy (non-hydrogen) atoms. The minimum Gasteiger partial charge on any atom is -0.494 e. The first-order valence-electron chi connectivity index (χ1n) is 9.14. The molecule has 1 N–H and O–H groups in total. The summed E-state index contributed by atoms with van der Waals surface area (Å²) in [5.74, 6) is 0.954. The smallest absolute Gasteiger partial charge is 0.180 e. The van der Waals surface area contributed by atoms with Crippen LogP contribution in [0, 0.1) is 0 Å². The molecule has 5 heteroatoms. The van der Waals surface area contributed by atoms with Crippen LogP contribution in [0.5, 0.6) is 5.75 Å². The Morgan fingerprint density at radius 3 is 3.08 bits per heavy atom. The average molecular weight is 349 g/mol. The minimum absolute atomic E-state index is 0.101. The Morgan fingerprint density at radius 1 is 1.27 bits per heavy atom. The van der Waals surface area contributed by atoms with Gasteiger partial charge in [-0.2, -0.15) is 0 Å². The lowest BCUT2D eigenvalue weighted by molar-refractivity contribution is -0.113. The summed E-state index contributed by atoms with van der Waals surface area (Å²) in [6.07, 6.45) is 7.79. The molecule has 4 rings (SSSR count). The number of hydrogen-bond donors (Lipinski definition) is 1. The molecular weight excluding hydrogens is 326 g/mol. The van der Waals surface area contributed by atoms with Crippen molar-refractivity contribution in [2.45, 2.75) is 25.4 Å². The van der Waals surface area contributed by atoms with E-state index in [9.17, 15) is 4.79 Å². The lowest BCUT2D eigenvalue weighted by Gasteiger charge is -2.27. The number of aliphatic imine (C=N–C) groups is 1. The van der Waals surface area contributed by atoms with Crippen LogP contribution in [0.4, 0.5) is 0 Å². The molecule has 0 aliphatic carbocycles. The van der Waals surface area contributed by atoms with E-state index in [1.54, 1.807) is 6.08 Å². The Labute approximate surface area is 153 Å². The van der Waals surface area contributed by atoms with E-state index in [-0.39, 0.29) is 11.9 Å². The number of nitrogens with zero attached hydrogens (tertiary/aromatic N) is 2. The van der Waals surface area contributed by atoms with Crippen molar-refractivity contribution in [3.8, 4) is 5.75 Å². The molecular formula is C21H23N3O2. The molecule has 1 unspecified atom stereocenters. The molecule has 134 valence electrons. The second-order valence-electron chi connectivity index (χ2n) is 6.71. The Kier molecular flexibility index (Phi) is 4.71. The highest BCUT2D eigenvalue weighted by atomic mass is 16.5. The molecule has 0 fully saturated rings. The van der Waals surface area contributed by atoms with Gasteiger partial charge in [0.05, 0.1) is 6.61 Å². The second-order valence-corrected chi connectivity index (χ2v) is 6.71. The minimum atomic E-state index is -0.229. The molecule has 0 saturated heterocycles. The van der Waals surface area contributed by atoms with Crippen LogP contribution >= 0.6 is 0 Å². The molecule has 3 heterocycles. The fourth-order valence-corrected chi connectivity index (χ4v) is 3.45. The molecule has 3 aliphatic rings. The number of benzene rings is 1. The molecule has 5 nitrogen and oxygen atoms in total. The summed E-state index contributed by atoms with van der Waals surface area (Å²) < 4.78 is 5.89. The van der Waals surface area contributed by atoms with Gasteiger partial charge in [-0.3, -0.25) is 9.79 Å². The molecule has 1 atom stereocenters. The number of Topliss-reactive ketones (excluding diaryl/α,β-unsaturated/α-hetero) is 1. The van der Waals surface area contributed by atoms with Crippen LogP contribution < -0.4 is 10.1 Å². The summed E-state index contributed by atoms with van der Waals surface area (Å²) in [6, 6.07) is 8.06. The SMILES string of the molecule is C=C1C=C2c3cccc(c3)OCCCNCCCC(=O)C3=NC2N1C=C3. The number of allylic oxidation sites excluding steroid dienone is 2. The van der Waals surface area contributed by atoms with Crippen molar-refractivity contribution < 1.29 is 9.53 Å². The van der Waals surface area contributed by atoms with Gasteiger partial charge < -0.3 is 15.0 Å². The van der Waals surface area contributed by atoms with E-state index < -0.39 is 0 Å². The van der Waals surface area contributed by atoms with Crippen LogP contribution in [0.1, 0.15) is 24.8 Å². The summed E-state index contributed by atoms with van der Waals surface area (Å²) in [4.78, 5) is 19.3. The summed E-state index contributed by atoms with van der Waals surface area (Å²) in [6.45, 7) is 6.50. The number of nitrogens with one attached hydrogen (secondary N) is 1. The van der Waals surface area contributed by atoms with E-state index in [0.29, 0.717) is 18.7 Å². The Hall–Kier alpha value is -2.66. The number of carbonyl (C=O) groups excluding carboxylic acids is 1. The van der Waals surface area contributed by atoms with Gasteiger partial charge in [-0.05, 0) is 55.8 Å². The predicted molar refractivity (Wildman–Crippen MR) is 103 cm³/mol. The topological polar surface area (TPSA) is 53.9 Å². The van der Waals surface area contributed by atoms with Gasteiger partial charge in [0, 0.05) is 23.9 Å². The number of ether oxygens (including phenoxy) is 1. The number of ketones is 1. The van der Waals surface area contributed by atoms with Crippen molar-refractivity contribution in [1.29, 1.82) is 0 Å². The van der Waals surface area contributed by atoms with Crippen LogP contribution in [0.3, 0.4) is 0 Å². The van der Waals surface area contributed by atoms with Crippen molar-refractivity contribution in [1.82, 2.24) is 10.2 Å². The lowest BCUT2D eigenvalue weighted by Crippen LogP contribution is -2.30. The summed E-state index contributed by atoms with van der Waals surface area (Å²) >= 11 is 0. The van der Waals surface area contributed by atoms with E-state index in [2.05, 4.69) is 18.0 Å². The molecule has 3 aliphatic heterocycles. The molecule has 0 radical (unpaired) electrons. The van der Waals surface area contributed by atoms with Gasteiger partial charge in [0.1, 0.15) is 11.5 Å². The van der Waals surface area contributed by atoms with Gasteiger partial charge in [0.2, 0.25) is 0 Å². The summed E-state index contributed by atoms with van der Waals surface area (Å²) in [5, 5.41) is 3.36. The Bertz CT molecular complexity index is 822. The molecule has 1 aromatic carbocycles. The maximum atomic E-state index is 12.5. The van der Waals surface area contributed by atoms with Crippen LogP contribution in [0.15, 0.2) is 59.9 Å². The Morgan fingerprint density at radius 2 is 2.15 bits per heavy atom. The maximum Gasteiger partial charge on any atom is 0.180 e. The van der Waals surface area contributed by atoms with Crippen molar-refractivity contribution in [3.63, 3.8) is 0 Å². The third-order valence-electron chi connectivity index (χ3n) is 4.83. The van der Waals surface area contributed by atoms with Gasteiger partial charge >= 0.3 is 0 Å². The number of fused-ring (bicyclic) bond motifs is 3. The van der Waals surface area contributed by atoms with E-state index >= 15 is 0 Å². The first kappa shape index (κ1) is 16.8. The highest BCUT2D eigenvalue weighted by Gasteiger charge is 2.32. The van der Waals surface area contributed by atoms with Gasteiger partial charge in [-0.25, -0.2) is 0 Å². The summed E-state index contributed by atoms with van der Waals surface area (Å²) in [7, 11) is 0. The van der Waals surface area contributed by atoms with Crippen molar-refractivity contribution >= 4 is 17.1 Å². The molecule has 0 saturated carbocycles. The van der Waals surface area contributed by atoms with Crippen LogP contribution in [0.25, 0.3) is 5.57 Å². The first-order chi connectivity index (χ1) is 12.7. The second kappa shape index (κ2) is 7.30. The van der Waals surface area contributed by atoms with E-state index in [4.69, 9.17) is 9.73 Å². The van der Waals surface area contributed by atoms with Gasteiger partial charge in [0.15, 0.2) is 11.9 Å². The third kappa shape index (κ3) is 3.35.